The zero-order valence-electron chi connectivity index (χ0n) is 24.4. The lowest BCUT2D eigenvalue weighted by Gasteiger charge is -2.69. The molecule has 2 atom stereocenters. The maximum atomic E-state index is 2.63. The number of hydrogen-bond donors (Lipinski definition) is 0. The van der Waals surface area contributed by atoms with Gasteiger partial charge in [0.1, 0.15) is 0 Å². The normalized spacial score (nSPS) is 52.8. The predicted octanol–water partition coefficient (Wildman–Crippen LogP) is 10.2. The molecule has 8 fully saturated rings. The van der Waals surface area contributed by atoms with E-state index in [0.717, 1.165) is 0 Å². The van der Waals surface area contributed by atoms with Crippen LogP contribution < -0.4 is 0 Å². The molecule has 2 aromatic rings. The fourth-order valence-electron chi connectivity index (χ4n) is 14.8. The first-order valence-electron chi connectivity index (χ1n) is 15.4. The van der Waals surface area contributed by atoms with Crippen LogP contribution in [0.3, 0.4) is 0 Å². The standard InChI is InChI=1S/C37H48/c1-30-15-31(2)17-32(3,16-30)23-36(21-30,22-31)28-11-7-26(8-12-28)27-9-13-29(14-10-27)37-24-33(4)18-34(5,25-37)20-35(37,6)19-33/h7-14H,15-25H2,1-6H3. The van der Waals surface area contributed by atoms with Gasteiger partial charge in [-0.2, -0.15) is 0 Å². The summed E-state index contributed by atoms with van der Waals surface area (Å²) in [5, 5.41) is 0. The second kappa shape index (κ2) is 6.42. The fraction of sp³-hybridized carbons (Fsp3) is 0.676. The molecule has 8 aliphatic rings. The quantitative estimate of drug-likeness (QED) is 0.400. The van der Waals surface area contributed by atoms with Gasteiger partial charge in [0.2, 0.25) is 0 Å². The third-order valence-corrected chi connectivity index (χ3v) is 13.2. The first kappa shape index (κ1) is 23.3. The average molecular weight is 493 g/mol. The Morgan fingerprint density at radius 3 is 1.14 bits per heavy atom. The van der Waals surface area contributed by atoms with Crippen LogP contribution in [-0.2, 0) is 10.8 Å². The van der Waals surface area contributed by atoms with Gasteiger partial charge in [-0.05, 0) is 131 Å². The lowest BCUT2D eigenvalue weighted by molar-refractivity contribution is -0.152. The summed E-state index contributed by atoms with van der Waals surface area (Å²) >= 11 is 0. The zero-order valence-corrected chi connectivity index (χ0v) is 24.4. The maximum absolute atomic E-state index is 2.63. The van der Waals surface area contributed by atoms with Crippen molar-refractivity contribution in [2.45, 2.75) is 123 Å². The SMILES string of the molecule is CC12CC3(C)CC(C)(C1)CC(c1ccc(-c4ccc(C56CC7(C)CC(C)(CC5(C)C7)C6)cc4)cc1)(C2)C3. The summed E-state index contributed by atoms with van der Waals surface area (Å²) in [5.41, 5.74) is 10.0. The minimum atomic E-state index is 0.400. The largest absolute Gasteiger partial charge is 0.0596 e. The molecule has 8 bridgehead atoms. The average Bonchev–Trinajstić information content (AvgIpc) is 3.02. The van der Waals surface area contributed by atoms with E-state index in [1.807, 2.05) is 0 Å². The van der Waals surface area contributed by atoms with Gasteiger partial charge in [0.25, 0.3) is 0 Å². The van der Waals surface area contributed by atoms with Crippen LogP contribution in [0.2, 0.25) is 0 Å². The van der Waals surface area contributed by atoms with E-state index >= 15 is 0 Å². The maximum Gasteiger partial charge on any atom is 0.00175 e. The van der Waals surface area contributed by atoms with Crippen LogP contribution >= 0.6 is 0 Å². The topological polar surface area (TPSA) is 0 Å². The molecular formula is C37H48. The highest BCUT2D eigenvalue weighted by Gasteiger charge is 2.72. The smallest absolute Gasteiger partial charge is 0.00175 e. The van der Waals surface area contributed by atoms with E-state index in [4.69, 9.17) is 0 Å². The Balaban J connectivity index is 1.10. The van der Waals surface area contributed by atoms with Gasteiger partial charge in [-0.1, -0.05) is 90.1 Å². The molecule has 0 saturated heterocycles. The first-order chi connectivity index (χ1) is 17.2. The van der Waals surface area contributed by atoms with E-state index in [9.17, 15) is 0 Å². The molecule has 37 heavy (non-hydrogen) atoms. The van der Waals surface area contributed by atoms with Crippen LogP contribution in [0.15, 0.2) is 48.5 Å². The molecule has 0 radical (unpaired) electrons. The Hall–Kier alpha value is -1.56. The van der Waals surface area contributed by atoms with E-state index in [1.165, 1.54) is 81.8 Å². The van der Waals surface area contributed by atoms with Crippen LogP contribution in [0.5, 0.6) is 0 Å². The summed E-state index contributed by atoms with van der Waals surface area (Å²) in [6.07, 6.45) is 15.6. The lowest BCUT2D eigenvalue weighted by Crippen LogP contribution is -2.60. The Kier molecular flexibility index (Phi) is 4.05. The lowest BCUT2D eigenvalue weighted by atomic mass is 9.35. The van der Waals surface area contributed by atoms with Crippen molar-refractivity contribution >= 4 is 0 Å². The van der Waals surface area contributed by atoms with Crippen molar-refractivity contribution in [3.8, 4) is 11.1 Å². The Morgan fingerprint density at radius 2 is 0.730 bits per heavy atom. The van der Waals surface area contributed by atoms with Gasteiger partial charge in [0.15, 0.2) is 0 Å². The summed E-state index contributed by atoms with van der Waals surface area (Å²) in [6.45, 7) is 15.6. The number of rotatable bonds is 3. The Morgan fingerprint density at radius 1 is 0.378 bits per heavy atom. The van der Waals surface area contributed by atoms with E-state index < -0.39 is 0 Å². The van der Waals surface area contributed by atoms with Crippen molar-refractivity contribution in [2.75, 3.05) is 0 Å². The molecule has 0 aliphatic heterocycles. The third kappa shape index (κ3) is 3.03. The third-order valence-electron chi connectivity index (χ3n) is 13.2. The van der Waals surface area contributed by atoms with E-state index in [2.05, 4.69) is 90.1 Å². The predicted molar refractivity (Wildman–Crippen MR) is 155 cm³/mol. The fourth-order valence-corrected chi connectivity index (χ4v) is 14.8. The summed E-state index contributed by atoms with van der Waals surface area (Å²) < 4.78 is 0. The van der Waals surface area contributed by atoms with Crippen LogP contribution in [-0.4, -0.2) is 0 Å². The van der Waals surface area contributed by atoms with Gasteiger partial charge >= 0.3 is 0 Å². The molecule has 0 amide bonds. The van der Waals surface area contributed by atoms with Crippen LogP contribution in [0, 0.1) is 32.5 Å². The van der Waals surface area contributed by atoms with Crippen molar-refractivity contribution < 1.29 is 0 Å². The van der Waals surface area contributed by atoms with E-state index in [0.29, 0.717) is 43.3 Å². The van der Waals surface area contributed by atoms with Gasteiger partial charge in [0, 0.05) is 5.41 Å². The van der Waals surface area contributed by atoms with Gasteiger partial charge < -0.3 is 0 Å². The molecule has 0 heterocycles. The summed E-state index contributed by atoms with van der Waals surface area (Å²) in [4.78, 5) is 0. The molecule has 2 aromatic carbocycles. The van der Waals surface area contributed by atoms with Crippen LogP contribution in [0.25, 0.3) is 11.1 Å². The van der Waals surface area contributed by atoms with Gasteiger partial charge in [-0.15, -0.1) is 0 Å². The molecule has 0 heteroatoms. The highest BCUT2D eigenvalue weighted by molar-refractivity contribution is 5.65. The second-order valence-corrected chi connectivity index (χ2v) is 18.1. The zero-order chi connectivity index (χ0) is 25.7. The van der Waals surface area contributed by atoms with Gasteiger partial charge in [0.05, 0.1) is 0 Å². The molecule has 0 spiro atoms. The first-order valence-corrected chi connectivity index (χ1v) is 15.4. The summed E-state index contributed by atoms with van der Waals surface area (Å²) in [6, 6.07) is 19.9. The molecule has 0 aromatic heterocycles. The van der Waals surface area contributed by atoms with Gasteiger partial charge in [-0.3, -0.25) is 0 Å². The molecule has 8 saturated carbocycles. The number of hydrogen-bond acceptors (Lipinski definition) is 0. The van der Waals surface area contributed by atoms with Crippen molar-refractivity contribution in [3.63, 3.8) is 0 Å². The van der Waals surface area contributed by atoms with Crippen molar-refractivity contribution in [1.29, 1.82) is 0 Å². The Labute approximate surface area is 226 Å². The van der Waals surface area contributed by atoms with E-state index in [1.54, 1.807) is 11.1 Å². The minimum absolute atomic E-state index is 0.400. The van der Waals surface area contributed by atoms with Gasteiger partial charge in [-0.25, -0.2) is 0 Å². The van der Waals surface area contributed by atoms with Crippen molar-refractivity contribution in [3.05, 3.63) is 59.7 Å². The second-order valence-electron chi connectivity index (χ2n) is 18.1. The van der Waals surface area contributed by atoms with Crippen LogP contribution in [0.1, 0.15) is 123 Å². The van der Waals surface area contributed by atoms with E-state index in [-0.39, 0.29) is 0 Å². The molecule has 2 unspecified atom stereocenters. The highest BCUT2D eigenvalue weighted by atomic mass is 14.8. The number of benzene rings is 2. The Bertz CT molecular complexity index is 1220. The highest BCUT2D eigenvalue weighted by Crippen LogP contribution is 2.80. The molecule has 8 aliphatic carbocycles. The van der Waals surface area contributed by atoms with Crippen molar-refractivity contribution in [2.24, 2.45) is 32.5 Å². The molecule has 0 nitrogen and oxygen atoms in total. The molecule has 10 rings (SSSR count). The monoisotopic (exact) mass is 492 g/mol. The summed E-state index contributed by atoms with van der Waals surface area (Å²) in [7, 11) is 0. The summed E-state index contributed by atoms with van der Waals surface area (Å²) in [5.74, 6) is 0. The molecular weight excluding hydrogens is 444 g/mol. The van der Waals surface area contributed by atoms with Crippen LogP contribution in [0.4, 0.5) is 0 Å². The molecule has 0 N–H and O–H groups in total. The molecule has 196 valence electrons. The minimum Gasteiger partial charge on any atom is -0.0596 e. The van der Waals surface area contributed by atoms with Crippen molar-refractivity contribution in [1.82, 2.24) is 0 Å².